The molecule has 0 aliphatic carbocycles. The van der Waals surface area contributed by atoms with Crippen molar-refractivity contribution in [2.24, 2.45) is 0 Å². The van der Waals surface area contributed by atoms with Crippen LogP contribution in [-0.2, 0) is 6.42 Å². The fourth-order valence-electron chi connectivity index (χ4n) is 1.11. The molecule has 14 heavy (non-hydrogen) atoms. The van der Waals surface area contributed by atoms with Crippen molar-refractivity contribution in [3.63, 3.8) is 0 Å². The normalized spacial score (nSPS) is 7.93. The second-order valence-electron chi connectivity index (χ2n) is 2.63. The SMILES string of the molecule is CC.CC.CCc1ncc(C)cc1C. The molecule has 1 aromatic rings. The van der Waals surface area contributed by atoms with Crippen molar-refractivity contribution in [3.05, 3.63) is 29.1 Å². The maximum Gasteiger partial charge on any atom is 0.0430 e. The van der Waals surface area contributed by atoms with Gasteiger partial charge in [-0.05, 0) is 31.4 Å². The van der Waals surface area contributed by atoms with Crippen LogP contribution in [0.2, 0.25) is 0 Å². The van der Waals surface area contributed by atoms with Gasteiger partial charge in [0, 0.05) is 11.9 Å². The monoisotopic (exact) mass is 195 g/mol. The van der Waals surface area contributed by atoms with E-state index in [2.05, 4.69) is 31.8 Å². The second kappa shape index (κ2) is 10.2. The van der Waals surface area contributed by atoms with Crippen molar-refractivity contribution < 1.29 is 0 Å². The van der Waals surface area contributed by atoms with E-state index in [1.165, 1.54) is 16.8 Å². The highest BCUT2D eigenvalue weighted by Crippen LogP contribution is 2.06. The predicted molar refractivity (Wildman–Crippen MR) is 65.8 cm³/mol. The molecule has 0 amide bonds. The highest BCUT2D eigenvalue weighted by atomic mass is 14.7. The third-order valence-electron chi connectivity index (χ3n) is 1.66. The maximum atomic E-state index is 4.30. The summed E-state index contributed by atoms with van der Waals surface area (Å²) in [7, 11) is 0. The Hall–Kier alpha value is -0.850. The molecule has 0 radical (unpaired) electrons. The topological polar surface area (TPSA) is 12.9 Å². The zero-order chi connectivity index (χ0) is 11.6. The molecule has 82 valence electrons. The largest absolute Gasteiger partial charge is 0.261 e. The van der Waals surface area contributed by atoms with Crippen LogP contribution in [0.25, 0.3) is 0 Å². The molecule has 0 spiro atoms. The van der Waals surface area contributed by atoms with Crippen LogP contribution in [0.15, 0.2) is 12.3 Å². The van der Waals surface area contributed by atoms with Gasteiger partial charge in [-0.25, -0.2) is 0 Å². The highest BCUT2D eigenvalue weighted by Gasteiger charge is 1.94. The van der Waals surface area contributed by atoms with Crippen molar-refractivity contribution in [1.82, 2.24) is 4.98 Å². The molecule has 0 bridgehead atoms. The minimum atomic E-state index is 1.03. The van der Waals surface area contributed by atoms with E-state index in [0.717, 1.165) is 6.42 Å². The van der Waals surface area contributed by atoms with Gasteiger partial charge in [0.05, 0.1) is 0 Å². The Morgan fingerprint density at radius 1 is 1.07 bits per heavy atom. The molecule has 0 N–H and O–H groups in total. The van der Waals surface area contributed by atoms with E-state index in [1.807, 2.05) is 33.9 Å². The molecule has 1 heteroatoms. The fraction of sp³-hybridized carbons (Fsp3) is 0.615. The number of hydrogen-bond donors (Lipinski definition) is 0. The van der Waals surface area contributed by atoms with Crippen LogP contribution >= 0.6 is 0 Å². The average Bonchev–Trinajstić information content (AvgIpc) is 2.24. The molecule has 1 nitrogen and oxygen atoms in total. The smallest absolute Gasteiger partial charge is 0.0430 e. The zero-order valence-corrected chi connectivity index (χ0v) is 10.8. The number of pyridine rings is 1. The molecule has 0 aromatic carbocycles. The summed E-state index contributed by atoms with van der Waals surface area (Å²) < 4.78 is 0. The lowest BCUT2D eigenvalue weighted by Crippen LogP contribution is -1.91. The Bertz CT molecular complexity index is 229. The maximum absolute atomic E-state index is 4.30. The first-order chi connectivity index (χ1) is 6.74. The Morgan fingerprint density at radius 3 is 1.93 bits per heavy atom. The highest BCUT2D eigenvalue weighted by molar-refractivity contribution is 5.22. The number of aromatic nitrogens is 1. The summed E-state index contributed by atoms with van der Waals surface area (Å²) in [5, 5.41) is 0. The summed E-state index contributed by atoms with van der Waals surface area (Å²) in [5.74, 6) is 0. The molecule has 0 saturated carbocycles. The Morgan fingerprint density at radius 2 is 1.57 bits per heavy atom. The standard InChI is InChI=1S/C9H13N.2C2H6/c1-4-9-8(3)5-7(2)6-10-9;2*1-2/h5-6H,4H2,1-3H3;2*1-2H3. The van der Waals surface area contributed by atoms with Crippen molar-refractivity contribution >= 4 is 0 Å². The van der Waals surface area contributed by atoms with Crippen LogP contribution in [0, 0.1) is 13.8 Å². The molecular formula is C13H25N. The summed E-state index contributed by atoms with van der Waals surface area (Å²) in [4.78, 5) is 4.30. The van der Waals surface area contributed by atoms with Gasteiger partial charge in [0.25, 0.3) is 0 Å². The number of rotatable bonds is 1. The van der Waals surface area contributed by atoms with Crippen LogP contribution in [0.3, 0.4) is 0 Å². The molecule has 0 aliphatic heterocycles. The lowest BCUT2D eigenvalue weighted by atomic mass is 10.1. The van der Waals surface area contributed by atoms with E-state index in [4.69, 9.17) is 0 Å². The number of hydrogen-bond acceptors (Lipinski definition) is 1. The summed E-state index contributed by atoms with van der Waals surface area (Å²) in [6, 6.07) is 2.17. The van der Waals surface area contributed by atoms with Gasteiger partial charge >= 0.3 is 0 Å². The summed E-state index contributed by atoms with van der Waals surface area (Å²) >= 11 is 0. The summed E-state index contributed by atoms with van der Waals surface area (Å²) in [6.07, 6.45) is 2.96. The van der Waals surface area contributed by atoms with E-state index in [9.17, 15) is 0 Å². The van der Waals surface area contributed by atoms with Gasteiger partial charge in [0.15, 0.2) is 0 Å². The number of nitrogens with zero attached hydrogens (tertiary/aromatic N) is 1. The van der Waals surface area contributed by atoms with Crippen LogP contribution in [0.1, 0.15) is 51.4 Å². The Labute approximate surface area is 89.6 Å². The Kier molecular flexibility index (Phi) is 11.4. The van der Waals surface area contributed by atoms with E-state index >= 15 is 0 Å². The first-order valence-electron chi connectivity index (χ1n) is 5.66. The van der Waals surface area contributed by atoms with Crippen molar-refractivity contribution in [1.29, 1.82) is 0 Å². The van der Waals surface area contributed by atoms with E-state index in [1.54, 1.807) is 0 Å². The van der Waals surface area contributed by atoms with E-state index in [0.29, 0.717) is 0 Å². The predicted octanol–water partition coefficient (Wildman–Crippen LogP) is 4.31. The van der Waals surface area contributed by atoms with Crippen molar-refractivity contribution in [2.75, 3.05) is 0 Å². The first kappa shape index (κ1) is 15.6. The van der Waals surface area contributed by atoms with Crippen LogP contribution < -0.4 is 0 Å². The van der Waals surface area contributed by atoms with Gasteiger partial charge in [-0.2, -0.15) is 0 Å². The van der Waals surface area contributed by atoms with Crippen LogP contribution in [0.4, 0.5) is 0 Å². The van der Waals surface area contributed by atoms with Gasteiger partial charge in [-0.15, -0.1) is 0 Å². The fourth-order valence-corrected chi connectivity index (χ4v) is 1.11. The lowest BCUT2D eigenvalue weighted by Gasteiger charge is -2.00. The van der Waals surface area contributed by atoms with Gasteiger partial charge < -0.3 is 0 Å². The van der Waals surface area contributed by atoms with E-state index in [-0.39, 0.29) is 0 Å². The minimum absolute atomic E-state index is 1.03. The Balaban J connectivity index is 0. The molecule has 0 fully saturated rings. The van der Waals surface area contributed by atoms with Gasteiger partial charge in [-0.1, -0.05) is 40.7 Å². The summed E-state index contributed by atoms with van der Waals surface area (Å²) in [6.45, 7) is 14.3. The molecule has 0 aliphatic rings. The van der Waals surface area contributed by atoms with Gasteiger partial charge in [0.2, 0.25) is 0 Å². The quantitative estimate of drug-likeness (QED) is 0.650. The van der Waals surface area contributed by atoms with Gasteiger partial charge in [0.1, 0.15) is 0 Å². The van der Waals surface area contributed by atoms with Crippen molar-refractivity contribution in [2.45, 2.75) is 54.9 Å². The molecular weight excluding hydrogens is 170 g/mol. The van der Waals surface area contributed by atoms with Crippen LogP contribution in [0.5, 0.6) is 0 Å². The zero-order valence-electron chi connectivity index (χ0n) is 10.8. The third kappa shape index (κ3) is 5.74. The molecule has 1 aromatic heterocycles. The molecule has 1 heterocycles. The van der Waals surface area contributed by atoms with Gasteiger partial charge in [-0.3, -0.25) is 4.98 Å². The summed E-state index contributed by atoms with van der Waals surface area (Å²) in [5.41, 5.74) is 3.77. The molecule has 0 unspecified atom stereocenters. The minimum Gasteiger partial charge on any atom is -0.261 e. The third-order valence-corrected chi connectivity index (χ3v) is 1.66. The molecule has 1 rings (SSSR count). The van der Waals surface area contributed by atoms with Crippen LogP contribution in [-0.4, -0.2) is 4.98 Å². The first-order valence-corrected chi connectivity index (χ1v) is 5.66. The van der Waals surface area contributed by atoms with Crippen molar-refractivity contribution in [3.8, 4) is 0 Å². The molecule has 0 atom stereocenters. The average molecular weight is 195 g/mol. The van der Waals surface area contributed by atoms with E-state index < -0.39 is 0 Å². The lowest BCUT2D eigenvalue weighted by molar-refractivity contribution is 0.999. The second-order valence-corrected chi connectivity index (χ2v) is 2.63. The molecule has 0 saturated heterocycles. The number of aryl methyl sites for hydroxylation is 3.